The molecule has 0 saturated heterocycles. The van der Waals surface area contributed by atoms with Crippen molar-refractivity contribution < 1.29 is 0 Å². The third kappa shape index (κ3) is 6.06. The largest absolute Gasteiger partial charge is 0.272 e. The van der Waals surface area contributed by atoms with Crippen LogP contribution in [0.4, 0.5) is 0 Å². The zero-order chi connectivity index (χ0) is 36.4. The van der Waals surface area contributed by atoms with E-state index in [1.165, 1.54) is 0 Å². The minimum Gasteiger partial charge on any atom is -0.272 e. The van der Waals surface area contributed by atoms with Gasteiger partial charge in [0.25, 0.3) is 0 Å². The van der Waals surface area contributed by atoms with Crippen LogP contribution in [0.5, 0.6) is 0 Å². The molecule has 4 aromatic heterocycles. The molecule has 0 atom stereocenters. The molecule has 0 amide bonds. The maximum absolute atomic E-state index is 5.30. The van der Waals surface area contributed by atoms with Crippen LogP contribution in [0.15, 0.2) is 163 Å². The molecular weight excluding hydrogens is 681 g/mol. The van der Waals surface area contributed by atoms with E-state index in [1.807, 2.05) is 91.3 Å². The van der Waals surface area contributed by atoms with Gasteiger partial charge in [-0.15, -0.1) is 11.3 Å². The number of fused-ring (bicyclic) bond motifs is 3. The first-order chi connectivity index (χ1) is 26.7. The number of aliphatic imine (C=N–C) groups is 1. The summed E-state index contributed by atoms with van der Waals surface area (Å²) in [4.78, 5) is 31.7. The van der Waals surface area contributed by atoms with Gasteiger partial charge in [0.15, 0.2) is 11.6 Å². The van der Waals surface area contributed by atoms with Gasteiger partial charge in [0.05, 0.1) is 32.5 Å². The molecule has 0 bridgehead atoms. The van der Waals surface area contributed by atoms with Crippen LogP contribution in [0.3, 0.4) is 0 Å². The van der Waals surface area contributed by atoms with Gasteiger partial charge in [-0.2, -0.15) is 0 Å². The lowest BCUT2D eigenvalue weighted by molar-refractivity contribution is 1.19. The number of nitrogens with zero attached hydrogens (tertiary/aromatic N) is 6. The van der Waals surface area contributed by atoms with Crippen LogP contribution in [0.2, 0.25) is 0 Å². The Bertz CT molecular complexity index is 2720. The molecule has 0 unspecified atom stereocenters. The van der Waals surface area contributed by atoms with E-state index in [0.717, 1.165) is 87.5 Å². The van der Waals surface area contributed by atoms with Crippen molar-refractivity contribution in [1.29, 1.82) is 0 Å². The summed E-state index contributed by atoms with van der Waals surface area (Å²) in [6.45, 7) is 5.89. The number of benzene rings is 5. The molecule has 54 heavy (non-hydrogen) atoms. The maximum Gasteiger partial charge on any atom is 0.171 e. The standard InChI is InChI=1S/C47H32N6S/c1-30-35(23-25-48-2)42-43(36-24-26-49-29-37(30)36)45(47-52-40(33-19-11-5-12-20-33)28-41(53-47)34-21-13-6-14-22-34)54-44(42)46-50-38(31-15-7-3-8-16-31)27-39(51-46)32-17-9-4-10-18-32/h3-29H,2H2,1H3/b25-23-. The first-order valence-corrected chi connectivity index (χ1v) is 18.4. The molecule has 0 spiro atoms. The van der Waals surface area contributed by atoms with E-state index in [2.05, 4.69) is 90.3 Å². The molecule has 4 heterocycles. The summed E-state index contributed by atoms with van der Waals surface area (Å²) >= 11 is 1.62. The van der Waals surface area contributed by atoms with E-state index in [4.69, 9.17) is 19.9 Å². The van der Waals surface area contributed by atoms with E-state index in [0.29, 0.717) is 11.6 Å². The highest BCUT2D eigenvalue weighted by Gasteiger charge is 2.26. The summed E-state index contributed by atoms with van der Waals surface area (Å²) in [7, 11) is 0. The SMILES string of the molecule is C=N/C=C\c1c(C)c2cnccc2c2c(-c3nc(-c4ccccc4)cc(-c4ccccc4)n3)sc(-c3nc(-c4ccccc4)cc(-c4ccccc4)n3)c12. The molecule has 7 heteroatoms. The van der Waals surface area contributed by atoms with Crippen molar-refractivity contribution in [2.75, 3.05) is 0 Å². The minimum atomic E-state index is 0.618. The second kappa shape index (κ2) is 14.2. The van der Waals surface area contributed by atoms with Crippen LogP contribution in [0.1, 0.15) is 11.1 Å². The van der Waals surface area contributed by atoms with Gasteiger partial charge in [0, 0.05) is 57.0 Å². The fourth-order valence-corrected chi connectivity index (χ4v) is 8.16. The second-order valence-corrected chi connectivity index (χ2v) is 13.9. The Kier molecular flexibility index (Phi) is 8.67. The van der Waals surface area contributed by atoms with Gasteiger partial charge in [-0.05, 0) is 54.4 Å². The van der Waals surface area contributed by atoms with E-state index < -0.39 is 0 Å². The Morgan fingerprint density at radius 3 is 1.39 bits per heavy atom. The molecule has 9 aromatic rings. The highest BCUT2D eigenvalue weighted by Crippen LogP contribution is 2.49. The predicted octanol–water partition coefficient (Wildman–Crippen LogP) is 12.0. The van der Waals surface area contributed by atoms with Crippen molar-refractivity contribution in [3.63, 3.8) is 0 Å². The third-order valence-corrected chi connectivity index (χ3v) is 10.7. The van der Waals surface area contributed by atoms with E-state index >= 15 is 0 Å². The highest BCUT2D eigenvalue weighted by atomic mass is 32.1. The monoisotopic (exact) mass is 712 g/mol. The van der Waals surface area contributed by atoms with Gasteiger partial charge in [-0.1, -0.05) is 121 Å². The molecule has 0 radical (unpaired) electrons. The first kappa shape index (κ1) is 32.9. The fourth-order valence-electron chi connectivity index (χ4n) is 6.96. The van der Waals surface area contributed by atoms with Crippen molar-refractivity contribution in [1.82, 2.24) is 24.9 Å². The van der Waals surface area contributed by atoms with Crippen molar-refractivity contribution >= 4 is 45.7 Å². The van der Waals surface area contributed by atoms with Crippen molar-refractivity contribution in [3.05, 3.63) is 169 Å². The number of pyridine rings is 1. The normalized spacial score (nSPS) is 11.4. The quantitative estimate of drug-likeness (QED) is 0.147. The molecule has 0 saturated carbocycles. The number of hydrogen-bond acceptors (Lipinski definition) is 7. The lowest BCUT2D eigenvalue weighted by atomic mass is 9.93. The molecule has 0 N–H and O–H groups in total. The summed E-state index contributed by atoms with van der Waals surface area (Å²) in [5.41, 5.74) is 9.45. The van der Waals surface area contributed by atoms with E-state index in [-0.39, 0.29) is 0 Å². The highest BCUT2D eigenvalue weighted by molar-refractivity contribution is 7.21. The lowest BCUT2D eigenvalue weighted by Gasteiger charge is -2.13. The Morgan fingerprint density at radius 1 is 0.537 bits per heavy atom. The molecule has 0 fully saturated rings. The Hall–Kier alpha value is -6.96. The summed E-state index contributed by atoms with van der Waals surface area (Å²) < 4.78 is 0. The summed E-state index contributed by atoms with van der Waals surface area (Å²) in [6, 6.07) is 47.3. The van der Waals surface area contributed by atoms with Gasteiger partial charge >= 0.3 is 0 Å². The molecule has 256 valence electrons. The van der Waals surface area contributed by atoms with Gasteiger partial charge in [0.2, 0.25) is 0 Å². The molecule has 5 aromatic carbocycles. The Labute approximate surface area is 317 Å². The van der Waals surface area contributed by atoms with E-state index in [9.17, 15) is 0 Å². The zero-order valence-electron chi connectivity index (χ0n) is 29.4. The van der Waals surface area contributed by atoms with Crippen LogP contribution in [0.25, 0.3) is 94.1 Å². The van der Waals surface area contributed by atoms with Crippen LogP contribution >= 0.6 is 11.3 Å². The summed E-state index contributed by atoms with van der Waals surface area (Å²) in [6.07, 6.45) is 7.54. The van der Waals surface area contributed by atoms with Crippen molar-refractivity contribution in [3.8, 4) is 66.4 Å². The van der Waals surface area contributed by atoms with Crippen molar-refractivity contribution in [2.24, 2.45) is 4.99 Å². The minimum absolute atomic E-state index is 0.618. The number of aryl methyl sites for hydroxylation is 1. The van der Waals surface area contributed by atoms with Crippen molar-refractivity contribution in [2.45, 2.75) is 6.92 Å². The molecule has 0 aliphatic rings. The molecule has 6 nitrogen and oxygen atoms in total. The Morgan fingerprint density at radius 2 is 0.963 bits per heavy atom. The Balaban J connectivity index is 1.42. The molecule has 9 rings (SSSR count). The topological polar surface area (TPSA) is 76.8 Å². The average Bonchev–Trinajstić information content (AvgIpc) is 3.65. The molecule has 0 aliphatic heterocycles. The van der Waals surface area contributed by atoms with E-state index in [1.54, 1.807) is 17.5 Å². The van der Waals surface area contributed by atoms with Crippen LogP contribution in [-0.4, -0.2) is 31.6 Å². The van der Waals surface area contributed by atoms with Gasteiger partial charge in [-0.25, -0.2) is 19.9 Å². The average molecular weight is 713 g/mol. The lowest BCUT2D eigenvalue weighted by Crippen LogP contribution is -1.96. The number of thiophene rings is 1. The van der Waals surface area contributed by atoms with Crippen LogP contribution in [-0.2, 0) is 0 Å². The fraction of sp³-hybridized carbons (Fsp3) is 0.0213. The molecular formula is C47H32N6S. The van der Waals surface area contributed by atoms with Crippen LogP contribution < -0.4 is 0 Å². The van der Waals surface area contributed by atoms with Gasteiger partial charge in [-0.3, -0.25) is 9.98 Å². The first-order valence-electron chi connectivity index (χ1n) is 17.6. The number of aromatic nitrogens is 5. The zero-order valence-corrected chi connectivity index (χ0v) is 30.2. The smallest absolute Gasteiger partial charge is 0.171 e. The number of hydrogen-bond donors (Lipinski definition) is 0. The van der Waals surface area contributed by atoms with Gasteiger partial charge in [0.1, 0.15) is 0 Å². The third-order valence-electron chi connectivity index (χ3n) is 9.56. The molecule has 0 aliphatic carbocycles. The van der Waals surface area contributed by atoms with Gasteiger partial charge < -0.3 is 0 Å². The maximum atomic E-state index is 5.30. The number of rotatable bonds is 8. The summed E-state index contributed by atoms with van der Waals surface area (Å²) in [5.74, 6) is 1.24. The predicted molar refractivity (Wildman–Crippen MR) is 224 cm³/mol. The van der Waals surface area contributed by atoms with Crippen LogP contribution in [0, 0.1) is 6.92 Å². The second-order valence-electron chi connectivity index (χ2n) is 12.9. The summed E-state index contributed by atoms with van der Waals surface area (Å²) in [5, 5.41) is 4.10.